The fourth-order valence-corrected chi connectivity index (χ4v) is 3.05. The van der Waals surface area contributed by atoms with Crippen LogP contribution in [0.1, 0.15) is 27.0 Å². The Kier molecular flexibility index (Phi) is 5.98. The van der Waals surface area contributed by atoms with Gasteiger partial charge in [-0.05, 0) is 42.0 Å². The minimum absolute atomic E-state index is 0.0448. The zero-order valence-corrected chi connectivity index (χ0v) is 16.6. The number of nitrogens with zero attached hydrogens (tertiary/aromatic N) is 3. The molecule has 4 rings (SSSR count). The van der Waals surface area contributed by atoms with Crippen LogP contribution in [0.15, 0.2) is 73.3 Å². The van der Waals surface area contributed by atoms with Crippen LogP contribution >= 0.6 is 0 Å². The number of halogens is 3. The van der Waals surface area contributed by atoms with E-state index in [0.29, 0.717) is 16.6 Å². The SMILES string of the molecule is O=C(NCc1ccc(OCc2cccnc2)c(C(F)(F)F)c1)c1cnc2ncccc2c1. The van der Waals surface area contributed by atoms with Gasteiger partial charge in [0.05, 0.1) is 11.1 Å². The fourth-order valence-electron chi connectivity index (χ4n) is 3.05. The van der Waals surface area contributed by atoms with Gasteiger partial charge in [0.25, 0.3) is 5.91 Å². The first-order chi connectivity index (χ1) is 15.4. The van der Waals surface area contributed by atoms with Crippen molar-refractivity contribution in [2.24, 2.45) is 0 Å². The van der Waals surface area contributed by atoms with Gasteiger partial charge in [-0.2, -0.15) is 13.2 Å². The highest BCUT2D eigenvalue weighted by atomic mass is 19.4. The highest BCUT2D eigenvalue weighted by Gasteiger charge is 2.34. The number of aromatic nitrogens is 3. The molecule has 0 radical (unpaired) electrons. The number of nitrogens with one attached hydrogen (secondary N) is 1. The van der Waals surface area contributed by atoms with Crippen LogP contribution in [0.5, 0.6) is 5.75 Å². The number of pyridine rings is 3. The van der Waals surface area contributed by atoms with Gasteiger partial charge in [-0.15, -0.1) is 0 Å². The molecule has 0 aliphatic rings. The Morgan fingerprint density at radius 3 is 2.59 bits per heavy atom. The summed E-state index contributed by atoms with van der Waals surface area (Å²) in [4.78, 5) is 24.6. The molecule has 9 heteroatoms. The molecule has 0 bridgehead atoms. The van der Waals surface area contributed by atoms with E-state index in [2.05, 4.69) is 20.3 Å². The van der Waals surface area contributed by atoms with E-state index in [1.165, 1.54) is 24.5 Å². The maximum absolute atomic E-state index is 13.6. The molecule has 0 saturated carbocycles. The maximum atomic E-state index is 13.6. The predicted octanol–water partition coefficient (Wildman–Crippen LogP) is 4.55. The average molecular weight is 438 g/mol. The van der Waals surface area contributed by atoms with Crippen molar-refractivity contribution in [3.05, 3.63) is 95.6 Å². The molecule has 1 N–H and O–H groups in total. The van der Waals surface area contributed by atoms with E-state index in [1.807, 2.05) is 0 Å². The second-order valence-corrected chi connectivity index (χ2v) is 6.94. The van der Waals surface area contributed by atoms with Crippen LogP contribution in [0, 0.1) is 0 Å². The molecule has 0 aliphatic carbocycles. The Bertz CT molecular complexity index is 1250. The molecule has 0 spiro atoms. The van der Waals surface area contributed by atoms with Crippen LogP contribution in [-0.4, -0.2) is 20.9 Å². The molecule has 3 aromatic heterocycles. The maximum Gasteiger partial charge on any atom is 0.419 e. The van der Waals surface area contributed by atoms with Gasteiger partial charge in [0.1, 0.15) is 12.4 Å². The molecule has 162 valence electrons. The van der Waals surface area contributed by atoms with E-state index in [1.54, 1.807) is 42.7 Å². The number of rotatable bonds is 6. The van der Waals surface area contributed by atoms with Crippen LogP contribution in [0.2, 0.25) is 0 Å². The number of ether oxygens (including phenoxy) is 1. The Morgan fingerprint density at radius 1 is 0.969 bits per heavy atom. The number of carbonyl (C=O) groups excluding carboxylic acids is 1. The van der Waals surface area contributed by atoms with E-state index < -0.39 is 17.6 Å². The number of alkyl halides is 3. The fraction of sp³-hybridized carbons (Fsp3) is 0.130. The Hall–Kier alpha value is -4.01. The number of carbonyl (C=O) groups is 1. The highest BCUT2D eigenvalue weighted by Crippen LogP contribution is 2.37. The van der Waals surface area contributed by atoms with Gasteiger partial charge in [-0.1, -0.05) is 12.1 Å². The summed E-state index contributed by atoms with van der Waals surface area (Å²) in [6.07, 6.45) is 1.45. The standard InChI is InChI=1S/C23H17F3N4O2/c24-23(25,26)19-9-15(5-6-20(19)32-14-16-3-1-7-27-11-16)12-30-22(31)18-10-17-4-2-8-28-21(17)29-13-18/h1-11,13H,12,14H2,(H,30,31). The molecule has 0 aliphatic heterocycles. The van der Waals surface area contributed by atoms with Gasteiger partial charge in [0.2, 0.25) is 0 Å². The Morgan fingerprint density at radius 2 is 1.81 bits per heavy atom. The van der Waals surface area contributed by atoms with Crippen molar-refractivity contribution in [1.29, 1.82) is 0 Å². The number of fused-ring (bicyclic) bond motifs is 1. The molecule has 1 amide bonds. The normalized spacial score (nSPS) is 11.3. The van der Waals surface area contributed by atoms with Crippen LogP contribution in [-0.2, 0) is 19.3 Å². The molecule has 6 nitrogen and oxygen atoms in total. The minimum atomic E-state index is -4.61. The number of benzene rings is 1. The summed E-state index contributed by atoms with van der Waals surface area (Å²) in [6.45, 7) is -0.132. The lowest BCUT2D eigenvalue weighted by Gasteiger charge is -2.16. The smallest absolute Gasteiger partial charge is 0.419 e. The van der Waals surface area contributed by atoms with Crippen molar-refractivity contribution in [2.75, 3.05) is 0 Å². The summed E-state index contributed by atoms with van der Waals surface area (Å²) in [5.74, 6) is -0.739. The lowest BCUT2D eigenvalue weighted by Crippen LogP contribution is -2.23. The lowest BCUT2D eigenvalue weighted by atomic mass is 10.1. The Labute approximate surface area is 181 Å². The first kappa shape index (κ1) is 21.2. The van der Waals surface area contributed by atoms with Gasteiger partial charge in [-0.3, -0.25) is 9.78 Å². The molecular formula is C23H17F3N4O2. The van der Waals surface area contributed by atoms with Gasteiger partial charge in [0, 0.05) is 42.3 Å². The first-order valence-electron chi connectivity index (χ1n) is 9.61. The third kappa shape index (κ3) is 5.00. The zero-order chi connectivity index (χ0) is 22.6. The van der Waals surface area contributed by atoms with E-state index in [0.717, 1.165) is 6.07 Å². The molecule has 1 aromatic carbocycles. The van der Waals surface area contributed by atoms with E-state index in [-0.39, 0.29) is 30.0 Å². The average Bonchev–Trinajstić information content (AvgIpc) is 2.81. The second kappa shape index (κ2) is 9.01. The largest absolute Gasteiger partial charge is 0.488 e. The van der Waals surface area contributed by atoms with Crippen molar-refractivity contribution in [2.45, 2.75) is 19.3 Å². The molecular weight excluding hydrogens is 421 g/mol. The minimum Gasteiger partial charge on any atom is -0.488 e. The van der Waals surface area contributed by atoms with Crippen molar-refractivity contribution in [3.63, 3.8) is 0 Å². The monoisotopic (exact) mass is 438 g/mol. The summed E-state index contributed by atoms with van der Waals surface area (Å²) in [6, 6.07) is 12.2. The first-order valence-corrected chi connectivity index (χ1v) is 9.61. The van der Waals surface area contributed by atoms with Crippen molar-refractivity contribution in [3.8, 4) is 5.75 Å². The summed E-state index contributed by atoms with van der Waals surface area (Å²) in [7, 11) is 0. The zero-order valence-electron chi connectivity index (χ0n) is 16.6. The third-order valence-corrected chi connectivity index (χ3v) is 4.64. The van der Waals surface area contributed by atoms with Crippen molar-refractivity contribution >= 4 is 16.9 Å². The molecule has 0 saturated heterocycles. The van der Waals surface area contributed by atoms with Gasteiger partial charge >= 0.3 is 6.18 Å². The number of hydrogen-bond donors (Lipinski definition) is 1. The van der Waals surface area contributed by atoms with Crippen LogP contribution < -0.4 is 10.1 Å². The molecule has 3 heterocycles. The van der Waals surface area contributed by atoms with Gasteiger partial charge in [0.15, 0.2) is 5.65 Å². The van der Waals surface area contributed by atoms with Crippen LogP contribution in [0.4, 0.5) is 13.2 Å². The molecule has 4 aromatic rings. The van der Waals surface area contributed by atoms with E-state index >= 15 is 0 Å². The van der Waals surface area contributed by atoms with Crippen molar-refractivity contribution < 1.29 is 22.7 Å². The molecule has 0 unspecified atom stereocenters. The summed E-state index contributed by atoms with van der Waals surface area (Å²) >= 11 is 0. The molecule has 0 fully saturated rings. The summed E-state index contributed by atoms with van der Waals surface area (Å²) in [5.41, 5.74) is 0.816. The number of hydrogen-bond acceptors (Lipinski definition) is 5. The number of amides is 1. The van der Waals surface area contributed by atoms with E-state index in [4.69, 9.17) is 4.74 Å². The summed E-state index contributed by atoms with van der Waals surface area (Å²) < 4.78 is 46.1. The van der Waals surface area contributed by atoms with Crippen molar-refractivity contribution in [1.82, 2.24) is 20.3 Å². The molecule has 32 heavy (non-hydrogen) atoms. The Balaban J connectivity index is 1.47. The lowest BCUT2D eigenvalue weighted by molar-refractivity contribution is -0.139. The second-order valence-electron chi connectivity index (χ2n) is 6.94. The summed E-state index contributed by atoms with van der Waals surface area (Å²) in [5, 5.41) is 3.31. The third-order valence-electron chi connectivity index (χ3n) is 4.64. The van der Waals surface area contributed by atoms with Crippen LogP contribution in [0.25, 0.3) is 11.0 Å². The topological polar surface area (TPSA) is 77.0 Å². The quantitative estimate of drug-likeness (QED) is 0.478. The van der Waals surface area contributed by atoms with Crippen LogP contribution in [0.3, 0.4) is 0 Å². The van der Waals surface area contributed by atoms with E-state index in [9.17, 15) is 18.0 Å². The highest BCUT2D eigenvalue weighted by molar-refractivity contribution is 5.96. The van der Waals surface area contributed by atoms with Gasteiger partial charge in [-0.25, -0.2) is 9.97 Å². The molecule has 0 atom stereocenters. The van der Waals surface area contributed by atoms with Gasteiger partial charge < -0.3 is 10.1 Å². The predicted molar refractivity (Wildman–Crippen MR) is 111 cm³/mol.